The van der Waals surface area contributed by atoms with Crippen molar-refractivity contribution >= 4 is 5.97 Å². The largest absolute Gasteiger partial charge is 0.496 e. The Labute approximate surface area is 105 Å². The number of methoxy groups -OCH3 is 1. The van der Waals surface area contributed by atoms with Crippen LogP contribution >= 0.6 is 0 Å². The lowest BCUT2D eigenvalue weighted by atomic mass is 10.1. The summed E-state index contributed by atoms with van der Waals surface area (Å²) in [7, 11) is 1.52. The summed E-state index contributed by atoms with van der Waals surface area (Å²) < 4.78 is 5.21. The Hall–Kier alpha value is -2.36. The first-order valence-electron chi connectivity index (χ1n) is 5.51. The molecule has 1 heterocycles. The van der Waals surface area contributed by atoms with Crippen molar-refractivity contribution in [3.63, 3.8) is 0 Å². The molecule has 0 atom stereocenters. The Bertz CT molecular complexity index is 552. The minimum absolute atomic E-state index is 0.0920. The summed E-state index contributed by atoms with van der Waals surface area (Å²) in [6, 6.07) is 11.4. The van der Waals surface area contributed by atoms with Gasteiger partial charge in [-0.15, -0.1) is 0 Å². The highest BCUT2D eigenvalue weighted by molar-refractivity contribution is 5.72. The van der Waals surface area contributed by atoms with Crippen molar-refractivity contribution in [2.45, 2.75) is 6.42 Å². The second-order valence-corrected chi connectivity index (χ2v) is 3.82. The number of benzene rings is 1. The van der Waals surface area contributed by atoms with Gasteiger partial charge in [-0.2, -0.15) is 0 Å². The highest BCUT2D eigenvalue weighted by Gasteiger charge is 2.10. The molecule has 0 aliphatic rings. The van der Waals surface area contributed by atoms with Gasteiger partial charge in [0.05, 0.1) is 19.2 Å². The van der Waals surface area contributed by atoms with Gasteiger partial charge in [0.15, 0.2) is 0 Å². The van der Waals surface area contributed by atoms with Crippen molar-refractivity contribution < 1.29 is 14.6 Å². The fourth-order valence-corrected chi connectivity index (χ4v) is 1.72. The topological polar surface area (TPSA) is 59.4 Å². The zero-order valence-electron chi connectivity index (χ0n) is 9.96. The van der Waals surface area contributed by atoms with E-state index in [4.69, 9.17) is 9.84 Å². The summed E-state index contributed by atoms with van der Waals surface area (Å²) in [5.74, 6) is -0.353. The summed E-state index contributed by atoms with van der Waals surface area (Å²) >= 11 is 0. The van der Waals surface area contributed by atoms with Crippen LogP contribution in [0.4, 0.5) is 0 Å². The normalized spacial score (nSPS) is 10.1. The number of hydrogen-bond donors (Lipinski definition) is 1. The molecule has 0 saturated carbocycles. The molecule has 4 heteroatoms. The molecule has 0 aliphatic carbocycles. The number of rotatable bonds is 4. The molecule has 2 aromatic rings. The van der Waals surface area contributed by atoms with Gasteiger partial charge in [0.25, 0.3) is 0 Å². The fourth-order valence-electron chi connectivity index (χ4n) is 1.72. The number of aliphatic carboxylic acids is 1. The lowest BCUT2D eigenvalue weighted by Crippen LogP contribution is -2.03. The summed E-state index contributed by atoms with van der Waals surface area (Å²) in [6.07, 6.45) is 1.46. The molecule has 92 valence electrons. The van der Waals surface area contributed by atoms with Gasteiger partial charge in [0, 0.05) is 23.4 Å². The number of hydrogen-bond acceptors (Lipinski definition) is 3. The van der Waals surface area contributed by atoms with Crippen molar-refractivity contribution in [2.75, 3.05) is 7.11 Å². The van der Waals surface area contributed by atoms with E-state index in [1.807, 2.05) is 30.3 Å². The molecule has 0 radical (unpaired) electrons. The highest BCUT2D eigenvalue weighted by atomic mass is 16.5. The molecule has 4 nitrogen and oxygen atoms in total. The van der Waals surface area contributed by atoms with Crippen LogP contribution in [0.5, 0.6) is 5.75 Å². The average molecular weight is 243 g/mol. The summed E-state index contributed by atoms with van der Waals surface area (Å²) in [5, 5.41) is 8.79. The van der Waals surface area contributed by atoms with E-state index < -0.39 is 5.97 Å². The number of carboxylic acid groups (broad SMARTS) is 1. The van der Waals surface area contributed by atoms with Crippen molar-refractivity contribution in [3.8, 4) is 17.0 Å². The molecular formula is C14H13NO3. The molecule has 18 heavy (non-hydrogen) atoms. The first-order valence-corrected chi connectivity index (χ1v) is 5.51. The second kappa shape index (κ2) is 5.31. The zero-order valence-corrected chi connectivity index (χ0v) is 9.96. The predicted octanol–water partition coefficient (Wildman–Crippen LogP) is 2.38. The third kappa shape index (κ3) is 2.66. The van der Waals surface area contributed by atoms with Gasteiger partial charge < -0.3 is 9.84 Å². The van der Waals surface area contributed by atoms with E-state index in [1.165, 1.54) is 7.11 Å². The van der Waals surface area contributed by atoms with Crippen LogP contribution in [0.15, 0.2) is 42.6 Å². The highest BCUT2D eigenvalue weighted by Crippen LogP contribution is 2.25. The molecule has 1 aromatic heterocycles. The van der Waals surface area contributed by atoms with Crippen LogP contribution in [-0.2, 0) is 11.2 Å². The molecule has 0 unspecified atom stereocenters. The molecular weight excluding hydrogens is 230 g/mol. The molecule has 0 aliphatic heterocycles. The van der Waals surface area contributed by atoms with Crippen LogP contribution in [0.1, 0.15) is 5.56 Å². The van der Waals surface area contributed by atoms with E-state index in [-0.39, 0.29) is 6.42 Å². The van der Waals surface area contributed by atoms with Gasteiger partial charge in [0.2, 0.25) is 0 Å². The minimum atomic E-state index is -0.900. The summed E-state index contributed by atoms with van der Waals surface area (Å²) in [5.41, 5.74) is 2.31. The number of carboxylic acids is 1. The van der Waals surface area contributed by atoms with Crippen LogP contribution in [0.3, 0.4) is 0 Å². The standard InChI is InChI=1S/C14H13NO3/c1-18-13-8-12(10-5-3-2-4-6-10)15-9-11(13)7-14(16)17/h2-6,8-9H,7H2,1H3,(H,16,17). The van der Waals surface area contributed by atoms with Crippen LogP contribution in [0, 0.1) is 0 Å². The van der Waals surface area contributed by atoms with Crippen LogP contribution < -0.4 is 4.74 Å². The second-order valence-electron chi connectivity index (χ2n) is 3.82. The third-order valence-corrected chi connectivity index (χ3v) is 2.57. The Morgan fingerprint density at radius 1 is 1.33 bits per heavy atom. The van der Waals surface area contributed by atoms with Gasteiger partial charge in [-0.1, -0.05) is 30.3 Å². The SMILES string of the molecule is COc1cc(-c2ccccc2)ncc1CC(=O)O. The molecule has 2 rings (SSSR count). The molecule has 0 saturated heterocycles. The van der Waals surface area contributed by atoms with Crippen molar-refractivity contribution in [3.05, 3.63) is 48.2 Å². The predicted molar refractivity (Wildman–Crippen MR) is 67.6 cm³/mol. The summed E-state index contributed by atoms with van der Waals surface area (Å²) in [6.45, 7) is 0. The van der Waals surface area contributed by atoms with Gasteiger partial charge in [0.1, 0.15) is 5.75 Å². The van der Waals surface area contributed by atoms with Gasteiger partial charge in [-0.3, -0.25) is 9.78 Å². The van der Waals surface area contributed by atoms with Crippen LogP contribution in [-0.4, -0.2) is 23.2 Å². The van der Waals surface area contributed by atoms with Gasteiger partial charge in [-0.05, 0) is 0 Å². The number of pyridine rings is 1. The molecule has 0 bridgehead atoms. The Balaban J connectivity index is 2.39. The van der Waals surface area contributed by atoms with E-state index in [0.29, 0.717) is 11.3 Å². The number of ether oxygens (including phenoxy) is 1. The smallest absolute Gasteiger partial charge is 0.308 e. The molecule has 0 spiro atoms. The lowest BCUT2D eigenvalue weighted by molar-refractivity contribution is -0.136. The number of nitrogens with zero attached hydrogens (tertiary/aromatic N) is 1. The average Bonchev–Trinajstić information content (AvgIpc) is 2.39. The van der Waals surface area contributed by atoms with E-state index in [9.17, 15) is 4.79 Å². The molecule has 1 N–H and O–H groups in total. The van der Waals surface area contributed by atoms with E-state index in [0.717, 1.165) is 11.3 Å². The Kier molecular flexibility index (Phi) is 3.57. The maximum atomic E-state index is 10.7. The maximum absolute atomic E-state index is 10.7. The monoisotopic (exact) mass is 243 g/mol. The first-order chi connectivity index (χ1) is 8.70. The summed E-state index contributed by atoms with van der Waals surface area (Å²) in [4.78, 5) is 15.0. The van der Waals surface area contributed by atoms with Crippen molar-refractivity contribution in [1.29, 1.82) is 0 Å². The minimum Gasteiger partial charge on any atom is -0.496 e. The number of carbonyl (C=O) groups is 1. The van der Waals surface area contributed by atoms with Gasteiger partial charge in [-0.25, -0.2) is 0 Å². The Morgan fingerprint density at radius 3 is 2.67 bits per heavy atom. The van der Waals surface area contributed by atoms with Crippen molar-refractivity contribution in [1.82, 2.24) is 4.98 Å². The zero-order chi connectivity index (χ0) is 13.0. The Morgan fingerprint density at radius 2 is 2.06 bits per heavy atom. The van der Waals surface area contributed by atoms with Crippen LogP contribution in [0.25, 0.3) is 11.3 Å². The van der Waals surface area contributed by atoms with E-state index in [2.05, 4.69) is 4.98 Å². The first kappa shape index (κ1) is 12.1. The van der Waals surface area contributed by atoms with Crippen molar-refractivity contribution in [2.24, 2.45) is 0 Å². The van der Waals surface area contributed by atoms with E-state index >= 15 is 0 Å². The molecule has 1 aromatic carbocycles. The van der Waals surface area contributed by atoms with Gasteiger partial charge >= 0.3 is 5.97 Å². The third-order valence-electron chi connectivity index (χ3n) is 2.57. The maximum Gasteiger partial charge on any atom is 0.308 e. The van der Waals surface area contributed by atoms with E-state index in [1.54, 1.807) is 12.3 Å². The molecule has 0 amide bonds. The lowest BCUT2D eigenvalue weighted by Gasteiger charge is -2.08. The quantitative estimate of drug-likeness (QED) is 0.895. The number of aromatic nitrogens is 1. The van der Waals surface area contributed by atoms with Crippen LogP contribution in [0.2, 0.25) is 0 Å². The molecule has 0 fully saturated rings. The fraction of sp³-hybridized carbons (Fsp3) is 0.143.